The molecule has 1 saturated heterocycles. The normalized spacial score (nSPS) is 15.4. The number of benzene rings is 2. The van der Waals surface area contributed by atoms with Gasteiger partial charge in [-0.1, -0.05) is 18.2 Å². The van der Waals surface area contributed by atoms with Gasteiger partial charge in [0.25, 0.3) is 0 Å². The van der Waals surface area contributed by atoms with Crippen molar-refractivity contribution in [3.05, 3.63) is 53.7 Å². The lowest BCUT2D eigenvalue weighted by Crippen LogP contribution is -2.49. The van der Waals surface area contributed by atoms with E-state index >= 15 is 0 Å². The van der Waals surface area contributed by atoms with Crippen LogP contribution >= 0.6 is 0 Å². The summed E-state index contributed by atoms with van der Waals surface area (Å²) in [6.45, 7) is 6.56. The first kappa shape index (κ1) is 27.7. The van der Waals surface area contributed by atoms with Gasteiger partial charge in [0.15, 0.2) is 23.0 Å². The van der Waals surface area contributed by atoms with Crippen LogP contribution in [0, 0.1) is 0 Å². The monoisotopic (exact) mass is 537 g/mol. The lowest BCUT2D eigenvalue weighted by atomic mass is 10.0. The highest BCUT2D eigenvalue weighted by Gasteiger charge is 2.31. The Hall–Kier alpha value is -4.28. The summed E-state index contributed by atoms with van der Waals surface area (Å²) >= 11 is 0. The second-order valence-corrected chi connectivity index (χ2v) is 10.2. The molecular formula is C28H35N5O6. The molecule has 0 spiro atoms. The minimum absolute atomic E-state index is 0.172. The summed E-state index contributed by atoms with van der Waals surface area (Å²) in [6.07, 6.45) is 1.09. The number of piperidine rings is 1. The summed E-state index contributed by atoms with van der Waals surface area (Å²) < 4.78 is 21.7. The number of amides is 1. The Morgan fingerprint density at radius 3 is 2.23 bits per heavy atom. The number of nitrogens with one attached hydrogen (secondary N) is 1. The molecule has 1 aliphatic rings. The first-order chi connectivity index (χ1) is 18.6. The third-order valence-electron chi connectivity index (χ3n) is 6.17. The molecule has 11 nitrogen and oxygen atoms in total. The van der Waals surface area contributed by atoms with Crippen molar-refractivity contribution in [1.82, 2.24) is 20.3 Å². The highest BCUT2D eigenvalue weighted by atomic mass is 16.6. The molecule has 0 saturated carbocycles. The van der Waals surface area contributed by atoms with Crippen LogP contribution in [0.4, 0.5) is 10.6 Å². The molecule has 1 N–H and O–H groups in total. The maximum absolute atomic E-state index is 13.9. The van der Waals surface area contributed by atoms with Crippen LogP contribution in [0.5, 0.6) is 17.2 Å². The van der Waals surface area contributed by atoms with Gasteiger partial charge in [-0.25, -0.2) is 4.79 Å². The lowest BCUT2D eigenvalue weighted by molar-refractivity contribution is 0.0499. The zero-order valence-electron chi connectivity index (χ0n) is 23.2. The number of alkyl carbamates (subject to hydrolysis) is 1. The highest BCUT2D eigenvalue weighted by Crippen LogP contribution is 2.39. The molecule has 208 valence electrons. The fourth-order valence-corrected chi connectivity index (χ4v) is 4.45. The minimum Gasteiger partial charge on any atom is -0.493 e. The van der Waals surface area contributed by atoms with Crippen LogP contribution in [0.2, 0.25) is 0 Å². The number of ketones is 1. The van der Waals surface area contributed by atoms with Crippen LogP contribution < -0.4 is 24.4 Å². The number of nitrogens with zero attached hydrogens (tertiary/aromatic N) is 4. The number of hydrogen-bond donors (Lipinski definition) is 1. The van der Waals surface area contributed by atoms with Gasteiger partial charge in [-0.05, 0) is 57.9 Å². The van der Waals surface area contributed by atoms with Crippen LogP contribution in [0.1, 0.15) is 49.7 Å². The van der Waals surface area contributed by atoms with Crippen molar-refractivity contribution in [2.24, 2.45) is 0 Å². The van der Waals surface area contributed by atoms with E-state index in [9.17, 15) is 9.59 Å². The molecule has 1 aromatic heterocycles. The van der Waals surface area contributed by atoms with E-state index in [4.69, 9.17) is 24.0 Å². The maximum Gasteiger partial charge on any atom is 0.407 e. The summed E-state index contributed by atoms with van der Waals surface area (Å²) in [6, 6.07) is 12.4. The van der Waals surface area contributed by atoms with Crippen LogP contribution in [-0.2, 0) is 4.74 Å². The van der Waals surface area contributed by atoms with E-state index in [2.05, 4.69) is 10.4 Å². The molecule has 1 atom stereocenters. The summed E-state index contributed by atoms with van der Waals surface area (Å²) in [5, 5.41) is 12.3. The van der Waals surface area contributed by atoms with Crippen LogP contribution in [0.15, 0.2) is 42.5 Å². The van der Waals surface area contributed by atoms with Gasteiger partial charge >= 0.3 is 6.09 Å². The number of para-hydroxylation sites is 1. The number of carbonyl (C=O) groups excluding carboxylic acids is 2. The SMILES string of the molecule is COc1cc(C(=O)c2nn(-c3ccccc3)nc2N2CCC[C@H](NC(=O)OC(C)(C)C)C2)cc(OC)c1OC. The molecule has 0 bridgehead atoms. The molecular weight excluding hydrogens is 502 g/mol. The largest absolute Gasteiger partial charge is 0.493 e. The predicted molar refractivity (Wildman–Crippen MR) is 145 cm³/mol. The van der Waals surface area contributed by atoms with Crippen molar-refractivity contribution in [3.8, 4) is 22.9 Å². The standard InChI is InChI=1S/C28H35N5O6/c1-28(2,3)39-27(35)29-19-11-10-14-32(17-19)26-23(30-33(31-26)20-12-8-7-9-13-20)24(34)18-15-21(36-4)25(38-6)22(16-18)37-5/h7-9,12-13,15-16,19H,10-11,14,17H2,1-6H3,(H,29,35)/t19-/m0/s1. The van der Waals surface area contributed by atoms with E-state index in [1.54, 1.807) is 12.1 Å². The molecule has 0 aliphatic carbocycles. The number of methoxy groups -OCH3 is 3. The second kappa shape index (κ2) is 11.6. The quantitative estimate of drug-likeness (QED) is 0.425. The van der Waals surface area contributed by atoms with E-state index in [1.165, 1.54) is 26.1 Å². The smallest absolute Gasteiger partial charge is 0.407 e. The van der Waals surface area contributed by atoms with Crippen LogP contribution in [0.25, 0.3) is 5.69 Å². The zero-order chi connectivity index (χ0) is 28.2. The van der Waals surface area contributed by atoms with Gasteiger partial charge < -0.3 is 29.2 Å². The van der Waals surface area contributed by atoms with Gasteiger partial charge in [-0.15, -0.1) is 15.0 Å². The molecule has 11 heteroatoms. The van der Waals surface area contributed by atoms with Crippen LogP contribution in [0.3, 0.4) is 0 Å². The van der Waals surface area contributed by atoms with Gasteiger partial charge in [0.1, 0.15) is 5.60 Å². The Balaban J connectivity index is 1.70. The maximum atomic E-state index is 13.9. The Morgan fingerprint density at radius 2 is 1.64 bits per heavy atom. The van der Waals surface area contributed by atoms with Crippen molar-refractivity contribution in [3.63, 3.8) is 0 Å². The van der Waals surface area contributed by atoms with E-state index in [0.29, 0.717) is 47.4 Å². The Kier molecular flexibility index (Phi) is 8.27. The van der Waals surface area contributed by atoms with Gasteiger partial charge in [0, 0.05) is 24.7 Å². The first-order valence-corrected chi connectivity index (χ1v) is 12.8. The average Bonchev–Trinajstić information content (AvgIpc) is 3.37. The number of hydrogen-bond acceptors (Lipinski definition) is 9. The second-order valence-electron chi connectivity index (χ2n) is 10.2. The van der Waals surface area contributed by atoms with E-state index in [1.807, 2.05) is 56.0 Å². The average molecular weight is 538 g/mol. The summed E-state index contributed by atoms with van der Waals surface area (Å²) in [4.78, 5) is 29.8. The van der Waals surface area contributed by atoms with E-state index in [0.717, 1.165) is 12.8 Å². The molecule has 3 aromatic rings. The number of rotatable bonds is 8. The lowest BCUT2D eigenvalue weighted by Gasteiger charge is -2.33. The van der Waals surface area contributed by atoms with Crippen molar-refractivity contribution in [1.29, 1.82) is 0 Å². The Bertz CT molecular complexity index is 1290. The van der Waals surface area contributed by atoms with E-state index < -0.39 is 11.7 Å². The fourth-order valence-electron chi connectivity index (χ4n) is 4.45. The van der Waals surface area contributed by atoms with E-state index in [-0.39, 0.29) is 17.5 Å². The number of aromatic nitrogens is 3. The molecule has 4 rings (SSSR count). The molecule has 2 heterocycles. The predicted octanol–water partition coefficient (Wildman–Crippen LogP) is 4.02. The third-order valence-corrected chi connectivity index (χ3v) is 6.17. The Labute approximate surface area is 228 Å². The minimum atomic E-state index is -0.600. The topological polar surface area (TPSA) is 117 Å². The summed E-state index contributed by atoms with van der Waals surface area (Å²) in [5.41, 5.74) is 0.595. The number of anilines is 1. The molecule has 39 heavy (non-hydrogen) atoms. The molecule has 0 unspecified atom stereocenters. The van der Waals surface area contributed by atoms with Crippen molar-refractivity contribution < 1.29 is 28.5 Å². The Morgan fingerprint density at radius 1 is 0.974 bits per heavy atom. The summed E-state index contributed by atoms with van der Waals surface area (Å²) in [7, 11) is 4.49. The molecule has 1 aliphatic heterocycles. The van der Waals surface area contributed by atoms with Gasteiger partial charge in [-0.3, -0.25) is 4.79 Å². The van der Waals surface area contributed by atoms with Crippen molar-refractivity contribution in [2.75, 3.05) is 39.3 Å². The summed E-state index contributed by atoms with van der Waals surface area (Å²) in [5.74, 6) is 1.17. The first-order valence-electron chi connectivity index (χ1n) is 12.8. The van der Waals surface area contributed by atoms with Crippen molar-refractivity contribution in [2.45, 2.75) is 45.3 Å². The fraction of sp³-hybridized carbons (Fsp3) is 0.429. The number of ether oxygens (including phenoxy) is 4. The molecule has 2 aromatic carbocycles. The zero-order valence-corrected chi connectivity index (χ0v) is 23.2. The van der Waals surface area contributed by atoms with Gasteiger partial charge in [-0.2, -0.15) is 0 Å². The van der Waals surface area contributed by atoms with Gasteiger partial charge in [0.2, 0.25) is 11.5 Å². The molecule has 1 amide bonds. The number of carbonyl (C=O) groups is 2. The highest BCUT2D eigenvalue weighted by molar-refractivity contribution is 6.11. The van der Waals surface area contributed by atoms with Gasteiger partial charge in [0.05, 0.1) is 27.0 Å². The third kappa shape index (κ3) is 6.42. The van der Waals surface area contributed by atoms with Crippen molar-refractivity contribution >= 4 is 17.7 Å². The van der Waals surface area contributed by atoms with Crippen LogP contribution in [-0.4, -0.2) is 72.9 Å². The molecule has 1 fully saturated rings. The molecule has 0 radical (unpaired) electrons.